The molecule has 1 fully saturated rings. The first-order chi connectivity index (χ1) is 8.70. The summed E-state index contributed by atoms with van der Waals surface area (Å²) < 4.78 is 11.3. The Bertz CT molecular complexity index is 513. The van der Waals surface area contributed by atoms with Gasteiger partial charge in [0.25, 0.3) is 0 Å². The van der Waals surface area contributed by atoms with Gasteiger partial charge in [0.05, 0.1) is 13.2 Å². The molecule has 3 rings (SSSR count). The van der Waals surface area contributed by atoms with E-state index in [1.807, 2.05) is 18.2 Å². The molecule has 1 saturated heterocycles. The number of carboxylic acid groups (broad SMARTS) is 1. The zero-order valence-corrected chi connectivity index (χ0v) is 9.89. The van der Waals surface area contributed by atoms with E-state index in [-0.39, 0.29) is 5.60 Å². The number of hydrogen-bond donors (Lipinski definition) is 1. The van der Waals surface area contributed by atoms with E-state index >= 15 is 0 Å². The summed E-state index contributed by atoms with van der Waals surface area (Å²) >= 11 is 0. The van der Waals surface area contributed by atoms with Crippen LogP contribution in [0, 0.1) is 0 Å². The zero-order valence-electron chi connectivity index (χ0n) is 9.89. The average molecular weight is 246 g/mol. The van der Waals surface area contributed by atoms with Gasteiger partial charge >= 0.3 is 5.97 Å². The van der Waals surface area contributed by atoms with Gasteiger partial charge in [-0.15, -0.1) is 0 Å². The maximum absolute atomic E-state index is 10.5. The highest BCUT2D eigenvalue weighted by Gasteiger charge is 2.43. The molecule has 1 atom stereocenters. The van der Waals surface area contributed by atoms with Crippen molar-refractivity contribution in [1.29, 1.82) is 0 Å². The minimum Gasteiger partial charge on any atom is -0.478 e. The van der Waals surface area contributed by atoms with E-state index in [1.54, 1.807) is 6.08 Å². The number of hydrogen-bond acceptors (Lipinski definition) is 3. The fraction of sp³-hybridized carbons (Fsp3) is 0.357. The summed E-state index contributed by atoms with van der Waals surface area (Å²) in [7, 11) is 0. The van der Waals surface area contributed by atoms with Crippen molar-refractivity contribution in [3.8, 4) is 0 Å². The lowest BCUT2D eigenvalue weighted by Gasteiger charge is -2.21. The summed E-state index contributed by atoms with van der Waals surface area (Å²) in [5.41, 5.74) is 2.95. The predicted molar refractivity (Wildman–Crippen MR) is 65.0 cm³/mol. The Kier molecular flexibility index (Phi) is 2.69. The number of rotatable bonds is 2. The monoisotopic (exact) mass is 246 g/mol. The number of fused-ring (bicyclic) bond motifs is 2. The van der Waals surface area contributed by atoms with Crippen LogP contribution in [0.1, 0.15) is 23.1 Å². The fourth-order valence-corrected chi connectivity index (χ4v) is 2.61. The van der Waals surface area contributed by atoms with E-state index in [1.165, 1.54) is 5.56 Å². The Morgan fingerprint density at radius 2 is 2.33 bits per heavy atom. The lowest BCUT2D eigenvalue weighted by atomic mass is 9.91. The summed E-state index contributed by atoms with van der Waals surface area (Å²) in [4.78, 5) is 10.5. The van der Waals surface area contributed by atoms with Crippen LogP contribution in [0.3, 0.4) is 0 Å². The molecule has 94 valence electrons. The minimum atomic E-state index is -0.938. The number of carbonyl (C=O) groups is 1. The fourth-order valence-electron chi connectivity index (χ4n) is 2.61. The molecule has 2 aliphatic rings. The molecule has 1 unspecified atom stereocenters. The zero-order chi connectivity index (χ0) is 12.6. The van der Waals surface area contributed by atoms with Crippen LogP contribution in [0.25, 0.3) is 6.08 Å². The van der Waals surface area contributed by atoms with Gasteiger partial charge in [0.1, 0.15) is 5.60 Å². The Balaban J connectivity index is 1.92. The van der Waals surface area contributed by atoms with Gasteiger partial charge in [0, 0.05) is 19.1 Å². The Morgan fingerprint density at radius 1 is 1.44 bits per heavy atom. The second-order valence-electron chi connectivity index (χ2n) is 4.67. The molecule has 0 bridgehead atoms. The molecule has 18 heavy (non-hydrogen) atoms. The molecule has 1 aromatic carbocycles. The number of aliphatic carboxylic acids is 1. The molecule has 0 aromatic heterocycles. The largest absolute Gasteiger partial charge is 0.478 e. The third kappa shape index (κ3) is 1.83. The van der Waals surface area contributed by atoms with Crippen LogP contribution in [0.15, 0.2) is 24.3 Å². The van der Waals surface area contributed by atoms with Crippen LogP contribution < -0.4 is 0 Å². The molecule has 0 aliphatic carbocycles. The van der Waals surface area contributed by atoms with Gasteiger partial charge in [-0.1, -0.05) is 12.1 Å². The molecule has 0 amide bonds. The predicted octanol–water partition coefficient (Wildman–Crippen LogP) is 1.93. The van der Waals surface area contributed by atoms with E-state index in [9.17, 15) is 4.79 Å². The minimum absolute atomic E-state index is 0.260. The van der Waals surface area contributed by atoms with E-state index < -0.39 is 5.97 Å². The molecule has 4 heteroatoms. The third-order valence-corrected chi connectivity index (χ3v) is 3.53. The standard InChI is InChI=1S/C14H14O4/c15-13(16)4-2-10-1-3-12-11(7-10)8-18-14(12)5-6-17-9-14/h1-4,7H,5-6,8-9H2,(H,15,16)/b4-2+. The van der Waals surface area contributed by atoms with Gasteiger partial charge in [0.15, 0.2) is 0 Å². The topological polar surface area (TPSA) is 55.8 Å². The van der Waals surface area contributed by atoms with Crippen molar-refractivity contribution in [3.63, 3.8) is 0 Å². The molecule has 1 aromatic rings. The summed E-state index contributed by atoms with van der Waals surface area (Å²) in [5.74, 6) is -0.938. The molecular weight excluding hydrogens is 232 g/mol. The Labute approximate surface area is 105 Å². The summed E-state index contributed by atoms with van der Waals surface area (Å²) in [5, 5.41) is 8.61. The highest BCUT2D eigenvalue weighted by molar-refractivity contribution is 5.85. The number of benzene rings is 1. The summed E-state index contributed by atoms with van der Waals surface area (Å²) in [6.07, 6.45) is 3.63. The quantitative estimate of drug-likeness (QED) is 0.810. The van der Waals surface area contributed by atoms with Crippen LogP contribution >= 0.6 is 0 Å². The van der Waals surface area contributed by atoms with Crippen LogP contribution in [0.2, 0.25) is 0 Å². The van der Waals surface area contributed by atoms with Crippen LogP contribution in [0.4, 0.5) is 0 Å². The normalized spacial score (nSPS) is 26.0. The van der Waals surface area contributed by atoms with E-state index in [2.05, 4.69) is 0 Å². The SMILES string of the molecule is O=C(O)/C=C/c1ccc2c(c1)COC21CCOC1. The first-order valence-corrected chi connectivity index (χ1v) is 5.96. The average Bonchev–Trinajstić information content (AvgIpc) is 2.97. The highest BCUT2D eigenvalue weighted by Crippen LogP contribution is 2.42. The van der Waals surface area contributed by atoms with Gasteiger partial charge in [0.2, 0.25) is 0 Å². The van der Waals surface area contributed by atoms with Crippen molar-refractivity contribution in [2.75, 3.05) is 13.2 Å². The van der Waals surface area contributed by atoms with Gasteiger partial charge in [-0.05, 0) is 28.8 Å². The van der Waals surface area contributed by atoms with Crippen molar-refractivity contribution in [1.82, 2.24) is 0 Å². The third-order valence-electron chi connectivity index (χ3n) is 3.53. The number of carboxylic acids is 1. The van der Waals surface area contributed by atoms with Crippen molar-refractivity contribution < 1.29 is 19.4 Å². The second-order valence-corrected chi connectivity index (χ2v) is 4.67. The van der Waals surface area contributed by atoms with Crippen molar-refractivity contribution in [2.24, 2.45) is 0 Å². The molecule has 0 radical (unpaired) electrons. The molecular formula is C14H14O4. The van der Waals surface area contributed by atoms with Gasteiger partial charge < -0.3 is 14.6 Å². The number of ether oxygens (including phenoxy) is 2. The van der Waals surface area contributed by atoms with Crippen molar-refractivity contribution in [2.45, 2.75) is 18.6 Å². The van der Waals surface area contributed by atoms with Crippen LogP contribution in [-0.2, 0) is 26.5 Å². The molecule has 2 heterocycles. The van der Waals surface area contributed by atoms with E-state index in [4.69, 9.17) is 14.6 Å². The molecule has 0 saturated carbocycles. The summed E-state index contributed by atoms with van der Waals surface area (Å²) in [6, 6.07) is 5.94. The second kappa shape index (κ2) is 4.23. The smallest absolute Gasteiger partial charge is 0.328 e. The molecule has 2 aliphatic heterocycles. The van der Waals surface area contributed by atoms with Crippen molar-refractivity contribution >= 4 is 12.0 Å². The molecule has 1 spiro atoms. The Hall–Kier alpha value is -1.65. The van der Waals surface area contributed by atoms with Crippen LogP contribution in [0.5, 0.6) is 0 Å². The maximum Gasteiger partial charge on any atom is 0.328 e. The molecule has 4 nitrogen and oxygen atoms in total. The first-order valence-electron chi connectivity index (χ1n) is 5.96. The highest BCUT2D eigenvalue weighted by atomic mass is 16.6. The first kappa shape index (κ1) is 11.4. The van der Waals surface area contributed by atoms with Gasteiger partial charge in [-0.2, -0.15) is 0 Å². The molecule has 1 N–H and O–H groups in total. The van der Waals surface area contributed by atoms with E-state index in [0.29, 0.717) is 13.2 Å². The Morgan fingerprint density at radius 3 is 3.06 bits per heavy atom. The van der Waals surface area contributed by atoms with Crippen LogP contribution in [-0.4, -0.2) is 24.3 Å². The summed E-state index contributed by atoms with van der Waals surface area (Å²) in [6.45, 7) is 1.93. The lowest BCUT2D eigenvalue weighted by molar-refractivity contribution is -0.131. The van der Waals surface area contributed by atoms with Crippen molar-refractivity contribution in [3.05, 3.63) is 41.0 Å². The maximum atomic E-state index is 10.5. The lowest BCUT2D eigenvalue weighted by Crippen LogP contribution is -2.25. The van der Waals surface area contributed by atoms with Gasteiger partial charge in [-0.3, -0.25) is 0 Å². The van der Waals surface area contributed by atoms with Gasteiger partial charge in [-0.25, -0.2) is 4.79 Å². The van der Waals surface area contributed by atoms with E-state index in [0.717, 1.165) is 30.2 Å².